The number of carbonyl (C=O) groups is 1. The Balaban J connectivity index is 1.44. The minimum Gasteiger partial charge on any atom is -0.354 e. The SMILES string of the molecule is CN(CCNC(=O)[C@H]1Cc2ccccc2S1)C1CC1. The molecule has 1 amide bonds. The molecule has 1 aromatic rings. The Bertz CT molecular complexity index is 448. The third-order valence-corrected chi connectivity index (χ3v) is 5.19. The number of thioether (sulfide) groups is 1. The van der Waals surface area contributed by atoms with E-state index < -0.39 is 0 Å². The second-order valence-electron chi connectivity index (χ2n) is 5.42. The van der Waals surface area contributed by atoms with Crippen molar-refractivity contribution in [3.05, 3.63) is 29.8 Å². The maximum absolute atomic E-state index is 12.1. The molecule has 102 valence electrons. The number of nitrogens with zero attached hydrogens (tertiary/aromatic N) is 1. The largest absolute Gasteiger partial charge is 0.354 e. The van der Waals surface area contributed by atoms with Crippen LogP contribution in [-0.4, -0.2) is 42.2 Å². The molecule has 1 N–H and O–H groups in total. The van der Waals surface area contributed by atoms with Crippen molar-refractivity contribution >= 4 is 17.7 Å². The fourth-order valence-electron chi connectivity index (χ4n) is 2.50. The summed E-state index contributed by atoms with van der Waals surface area (Å²) in [6.07, 6.45) is 3.50. The van der Waals surface area contributed by atoms with Crippen molar-refractivity contribution in [2.75, 3.05) is 20.1 Å². The van der Waals surface area contributed by atoms with Crippen LogP contribution in [0.4, 0.5) is 0 Å². The van der Waals surface area contributed by atoms with Crippen molar-refractivity contribution in [3.63, 3.8) is 0 Å². The lowest BCUT2D eigenvalue weighted by Crippen LogP contribution is -2.38. The average Bonchev–Trinajstić information content (AvgIpc) is 3.17. The molecule has 4 heteroatoms. The number of fused-ring (bicyclic) bond motifs is 1. The van der Waals surface area contributed by atoms with Crippen LogP contribution in [0, 0.1) is 0 Å². The van der Waals surface area contributed by atoms with Gasteiger partial charge in [-0.05, 0) is 37.9 Å². The number of likely N-dealkylation sites (N-methyl/N-ethyl adjacent to an activating group) is 1. The summed E-state index contributed by atoms with van der Waals surface area (Å²) in [7, 11) is 2.14. The van der Waals surface area contributed by atoms with E-state index in [2.05, 4.69) is 29.4 Å². The van der Waals surface area contributed by atoms with E-state index in [4.69, 9.17) is 0 Å². The molecule has 0 bridgehead atoms. The number of hydrogen-bond acceptors (Lipinski definition) is 3. The van der Waals surface area contributed by atoms with Gasteiger partial charge >= 0.3 is 0 Å². The summed E-state index contributed by atoms with van der Waals surface area (Å²) >= 11 is 1.70. The Morgan fingerprint density at radius 2 is 2.21 bits per heavy atom. The molecule has 0 radical (unpaired) electrons. The highest BCUT2D eigenvalue weighted by Crippen LogP contribution is 2.36. The molecule has 3 rings (SSSR count). The fourth-order valence-corrected chi connectivity index (χ4v) is 3.72. The number of rotatable bonds is 5. The number of hydrogen-bond donors (Lipinski definition) is 1. The highest BCUT2D eigenvalue weighted by molar-refractivity contribution is 8.01. The van der Waals surface area contributed by atoms with E-state index in [1.54, 1.807) is 11.8 Å². The maximum Gasteiger partial charge on any atom is 0.233 e. The standard InChI is InChI=1S/C15H20N2OS/c1-17(12-6-7-12)9-8-16-15(18)14-10-11-4-2-3-5-13(11)19-14/h2-5,12,14H,6-10H2,1H3,(H,16,18)/t14-/m1/s1. The Hall–Kier alpha value is -1.00. The molecule has 2 aliphatic rings. The summed E-state index contributed by atoms with van der Waals surface area (Å²) in [4.78, 5) is 15.7. The van der Waals surface area contributed by atoms with Gasteiger partial charge in [0.1, 0.15) is 0 Å². The van der Waals surface area contributed by atoms with E-state index in [0.29, 0.717) is 0 Å². The van der Waals surface area contributed by atoms with Crippen molar-refractivity contribution in [3.8, 4) is 0 Å². The van der Waals surface area contributed by atoms with Crippen LogP contribution in [0.5, 0.6) is 0 Å². The smallest absolute Gasteiger partial charge is 0.233 e. The summed E-state index contributed by atoms with van der Waals surface area (Å²) in [5.74, 6) is 0.186. The zero-order valence-corrected chi connectivity index (χ0v) is 12.1. The molecule has 0 spiro atoms. The molecule has 3 nitrogen and oxygen atoms in total. The van der Waals surface area contributed by atoms with Gasteiger partial charge in [-0.1, -0.05) is 18.2 Å². The molecule has 1 aliphatic carbocycles. The van der Waals surface area contributed by atoms with E-state index in [1.807, 2.05) is 12.1 Å². The molecule has 1 atom stereocenters. The van der Waals surface area contributed by atoms with Gasteiger partial charge in [-0.3, -0.25) is 4.79 Å². The molecule has 0 unspecified atom stereocenters. The molecule has 1 aromatic carbocycles. The van der Waals surface area contributed by atoms with Crippen molar-refractivity contribution in [1.29, 1.82) is 0 Å². The Kier molecular flexibility index (Phi) is 3.80. The van der Waals surface area contributed by atoms with Gasteiger partial charge in [0.25, 0.3) is 0 Å². The van der Waals surface area contributed by atoms with Crippen LogP contribution in [0.2, 0.25) is 0 Å². The van der Waals surface area contributed by atoms with Gasteiger partial charge in [-0.2, -0.15) is 0 Å². The second-order valence-corrected chi connectivity index (χ2v) is 6.67. The van der Waals surface area contributed by atoms with E-state index >= 15 is 0 Å². The number of nitrogens with one attached hydrogen (secondary N) is 1. The van der Waals surface area contributed by atoms with Crippen LogP contribution in [0.25, 0.3) is 0 Å². The Labute approximate surface area is 118 Å². The predicted molar refractivity (Wildman–Crippen MR) is 78.5 cm³/mol. The Morgan fingerprint density at radius 1 is 1.42 bits per heavy atom. The molecule has 0 aromatic heterocycles. The summed E-state index contributed by atoms with van der Waals surface area (Å²) in [6, 6.07) is 9.08. The van der Waals surface area contributed by atoms with Crippen molar-refractivity contribution in [2.24, 2.45) is 0 Å². The topological polar surface area (TPSA) is 32.3 Å². The highest BCUT2D eigenvalue weighted by atomic mass is 32.2. The highest BCUT2D eigenvalue weighted by Gasteiger charge is 2.28. The maximum atomic E-state index is 12.1. The van der Waals surface area contributed by atoms with Gasteiger partial charge in [-0.15, -0.1) is 11.8 Å². The van der Waals surface area contributed by atoms with E-state index in [0.717, 1.165) is 25.6 Å². The van der Waals surface area contributed by atoms with Gasteiger partial charge in [0.05, 0.1) is 5.25 Å². The average molecular weight is 276 g/mol. The lowest BCUT2D eigenvalue weighted by molar-refractivity contribution is -0.120. The zero-order chi connectivity index (χ0) is 13.2. The van der Waals surface area contributed by atoms with Gasteiger partial charge in [0, 0.05) is 24.0 Å². The summed E-state index contributed by atoms with van der Waals surface area (Å²) < 4.78 is 0. The van der Waals surface area contributed by atoms with Crippen LogP contribution in [0.15, 0.2) is 29.2 Å². The monoisotopic (exact) mass is 276 g/mol. The molecular formula is C15H20N2OS. The van der Waals surface area contributed by atoms with Crippen LogP contribution >= 0.6 is 11.8 Å². The molecule has 1 aliphatic heterocycles. The summed E-state index contributed by atoms with van der Waals surface area (Å²) in [5, 5.41) is 3.13. The number of amides is 1. The lowest BCUT2D eigenvalue weighted by Gasteiger charge is -2.16. The van der Waals surface area contributed by atoms with Gasteiger partial charge in [0.15, 0.2) is 0 Å². The molecule has 1 heterocycles. The number of benzene rings is 1. The minimum atomic E-state index is 0.0589. The van der Waals surface area contributed by atoms with Crippen LogP contribution in [0.1, 0.15) is 18.4 Å². The van der Waals surface area contributed by atoms with E-state index in [-0.39, 0.29) is 11.2 Å². The second kappa shape index (κ2) is 5.55. The molecule has 1 saturated carbocycles. The Morgan fingerprint density at radius 3 is 2.95 bits per heavy atom. The van der Waals surface area contributed by atoms with Gasteiger partial charge in [0.2, 0.25) is 5.91 Å². The van der Waals surface area contributed by atoms with Crippen LogP contribution < -0.4 is 5.32 Å². The third kappa shape index (κ3) is 3.12. The van der Waals surface area contributed by atoms with Crippen molar-refractivity contribution < 1.29 is 4.79 Å². The van der Waals surface area contributed by atoms with Gasteiger partial charge < -0.3 is 10.2 Å². The van der Waals surface area contributed by atoms with Crippen molar-refractivity contribution in [1.82, 2.24) is 10.2 Å². The van der Waals surface area contributed by atoms with Crippen molar-refractivity contribution in [2.45, 2.75) is 35.4 Å². The molecule has 19 heavy (non-hydrogen) atoms. The van der Waals surface area contributed by atoms with Crippen LogP contribution in [-0.2, 0) is 11.2 Å². The fraction of sp³-hybridized carbons (Fsp3) is 0.533. The molecular weight excluding hydrogens is 256 g/mol. The molecule has 0 saturated heterocycles. The first-order valence-electron chi connectivity index (χ1n) is 6.96. The normalized spacial score (nSPS) is 21.5. The first-order chi connectivity index (χ1) is 9.24. The summed E-state index contributed by atoms with van der Waals surface area (Å²) in [5.41, 5.74) is 1.31. The minimum absolute atomic E-state index is 0.0589. The van der Waals surface area contributed by atoms with E-state index in [1.165, 1.54) is 23.3 Å². The third-order valence-electron chi connectivity index (χ3n) is 3.87. The lowest BCUT2D eigenvalue weighted by atomic mass is 10.1. The molecule has 1 fully saturated rings. The van der Waals surface area contributed by atoms with Crippen LogP contribution in [0.3, 0.4) is 0 Å². The predicted octanol–water partition coefficient (Wildman–Crippen LogP) is 1.91. The first-order valence-corrected chi connectivity index (χ1v) is 7.84. The number of carbonyl (C=O) groups excluding carboxylic acids is 1. The van der Waals surface area contributed by atoms with Gasteiger partial charge in [-0.25, -0.2) is 0 Å². The zero-order valence-electron chi connectivity index (χ0n) is 11.3. The quantitative estimate of drug-likeness (QED) is 0.891. The summed E-state index contributed by atoms with van der Waals surface area (Å²) in [6.45, 7) is 1.72. The van der Waals surface area contributed by atoms with E-state index in [9.17, 15) is 4.79 Å². The first kappa shape index (κ1) is 13.0.